The molecule has 0 bridgehead atoms. The van der Waals surface area contributed by atoms with Crippen LogP contribution in [0.25, 0.3) is 25.4 Å². The van der Waals surface area contributed by atoms with Crippen molar-refractivity contribution in [3.05, 3.63) is 90.5 Å². The lowest BCUT2D eigenvalue weighted by molar-refractivity contribution is 1.57. The van der Waals surface area contributed by atoms with Gasteiger partial charge in [-0.05, 0) is 43.3 Å². The zero-order chi connectivity index (χ0) is 14.9. The molecule has 0 aliphatic heterocycles. The van der Waals surface area contributed by atoms with Crippen molar-refractivity contribution in [3.63, 3.8) is 0 Å². The maximum Gasteiger partial charge on any atom is 0.190 e. The van der Waals surface area contributed by atoms with Gasteiger partial charge in [-0.1, -0.05) is 48.5 Å². The molecule has 0 aliphatic carbocycles. The van der Waals surface area contributed by atoms with E-state index < -0.39 is 0 Å². The van der Waals surface area contributed by atoms with E-state index in [0.29, 0.717) is 0 Å². The van der Waals surface area contributed by atoms with Crippen LogP contribution in [0, 0.1) is 6.92 Å². The van der Waals surface area contributed by atoms with Crippen LogP contribution in [0.15, 0.2) is 84.9 Å². The minimum Gasteiger partial charge on any atom is -0.0622 e. The van der Waals surface area contributed by atoms with Gasteiger partial charge in [-0.15, -0.1) is 0 Å². The van der Waals surface area contributed by atoms with Crippen LogP contribution < -0.4 is 0 Å². The zero-order valence-electron chi connectivity index (χ0n) is 12.5. The summed E-state index contributed by atoms with van der Waals surface area (Å²) in [6.07, 6.45) is 0. The molecule has 1 atom stereocenters. The van der Waals surface area contributed by atoms with E-state index in [1.165, 1.54) is 31.0 Å². The number of benzene rings is 3. The molecule has 3 aromatic carbocycles. The summed E-state index contributed by atoms with van der Waals surface area (Å²) in [4.78, 5) is 2.86. The first-order valence-electron chi connectivity index (χ1n) is 7.51. The van der Waals surface area contributed by atoms with Gasteiger partial charge >= 0.3 is 0 Å². The van der Waals surface area contributed by atoms with Crippen LogP contribution in [0.3, 0.4) is 0 Å². The summed E-state index contributed by atoms with van der Waals surface area (Å²) in [6.45, 7) is 2.26. The number of thiophene rings is 1. The summed E-state index contributed by atoms with van der Waals surface area (Å²) >= 11 is 0. The van der Waals surface area contributed by atoms with Crippen LogP contribution in [-0.2, 0) is 0 Å². The third-order valence-electron chi connectivity index (χ3n) is 4.07. The number of hydrogen-bond acceptors (Lipinski definition) is 0. The van der Waals surface area contributed by atoms with Crippen LogP contribution in [0.4, 0.5) is 0 Å². The molecule has 0 nitrogen and oxygen atoms in total. The summed E-state index contributed by atoms with van der Waals surface area (Å²) in [6, 6.07) is 30.5. The maximum absolute atomic E-state index is 2.28. The summed E-state index contributed by atoms with van der Waals surface area (Å²) in [5.74, 6) is 0. The normalized spacial score (nSPS) is 11.8. The summed E-state index contributed by atoms with van der Waals surface area (Å²) < 4.78 is 1.45. The van der Waals surface area contributed by atoms with Gasteiger partial charge in [0.25, 0.3) is 0 Å². The molecule has 0 amide bonds. The maximum atomic E-state index is 2.28. The van der Waals surface area contributed by atoms with Gasteiger partial charge in [0, 0.05) is 27.0 Å². The van der Waals surface area contributed by atoms with Gasteiger partial charge in [-0.25, -0.2) is 0 Å². The Labute approximate surface area is 133 Å². The van der Waals surface area contributed by atoms with Crippen LogP contribution in [-0.4, -0.2) is 0 Å². The molecule has 22 heavy (non-hydrogen) atoms. The fourth-order valence-corrected chi connectivity index (χ4v) is 5.65. The minimum absolute atomic E-state index is 0.00485. The second-order valence-electron chi connectivity index (χ2n) is 5.44. The van der Waals surface area contributed by atoms with Crippen molar-refractivity contribution in [1.82, 2.24) is 0 Å². The first kappa shape index (κ1) is 13.3. The number of hydrogen-bond donors (Lipinski definition) is 0. The molecule has 0 saturated heterocycles. The summed E-state index contributed by atoms with van der Waals surface area (Å²) in [5.41, 5.74) is 2.75. The average molecular weight is 301 g/mol. The van der Waals surface area contributed by atoms with E-state index in [1.807, 2.05) is 0 Å². The highest BCUT2D eigenvalue weighted by Crippen LogP contribution is 2.51. The van der Waals surface area contributed by atoms with Crippen LogP contribution >= 0.6 is 10.5 Å². The Kier molecular flexibility index (Phi) is 3.28. The van der Waals surface area contributed by atoms with Gasteiger partial charge in [0.15, 0.2) is 14.5 Å². The van der Waals surface area contributed by atoms with E-state index in [0.717, 1.165) is 0 Å². The summed E-state index contributed by atoms with van der Waals surface area (Å²) in [7, 11) is -0.00485. The quantitative estimate of drug-likeness (QED) is 0.368. The lowest BCUT2D eigenvalue weighted by Crippen LogP contribution is -1.78. The second kappa shape index (κ2) is 5.43. The Hall–Kier alpha value is -2.38. The highest BCUT2D eigenvalue weighted by atomic mass is 32.2. The van der Waals surface area contributed by atoms with Crippen molar-refractivity contribution in [2.75, 3.05) is 0 Å². The molecule has 1 heterocycles. The largest absolute Gasteiger partial charge is 0.190 e. The molecule has 0 aliphatic rings. The van der Waals surface area contributed by atoms with Crippen LogP contribution in [0.1, 0.15) is 5.56 Å². The van der Waals surface area contributed by atoms with Crippen molar-refractivity contribution >= 4 is 20.6 Å². The van der Waals surface area contributed by atoms with Crippen molar-refractivity contribution in [3.8, 4) is 15.3 Å². The van der Waals surface area contributed by atoms with Crippen molar-refractivity contribution in [2.24, 2.45) is 0 Å². The van der Waals surface area contributed by atoms with Gasteiger partial charge in [0.1, 0.15) is 0 Å². The first-order chi connectivity index (χ1) is 10.9. The molecule has 0 radical (unpaired) electrons. The molecule has 0 saturated carbocycles. The van der Waals surface area contributed by atoms with Crippen LogP contribution in [0.5, 0.6) is 0 Å². The molecule has 1 aromatic heterocycles. The standard InChI is InChI=1S/C21H17S/c1-16-19-14-8-9-15-20(19)22(18-12-6-3-7-13-18)21(16)17-10-4-2-5-11-17/h2-15H,1H3/q+1. The highest BCUT2D eigenvalue weighted by molar-refractivity contribution is 7.47. The van der Waals surface area contributed by atoms with E-state index in [1.54, 1.807) is 0 Å². The van der Waals surface area contributed by atoms with E-state index in [2.05, 4.69) is 91.9 Å². The van der Waals surface area contributed by atoms with E-state index in [4.69, 9.17) is 0 Å². The van der Waals surface area contributed by atoms with Crippen molar-refractivity contribution in [1.29, 1.82) is 0 Å². The molecule has 1 heteroatoms. The fraction of sp³-hybridized carbons (Fsp3) is 0.0476. The van der Waals surface area contributed by atoms with Gasteiger partial charge in [-0.2, -0.15) is 0 Å². The lowest BCUT2D eigenvalue weighted by Gasteiger charge is -1.99. The molecule has 0 spiro atoms. The van der Waals surface area contributed by atoms with Crippen molar-refractivity contribution in [2.45, 2.75) is 6.92 Å². The number of aryl methyl sites for hydroxylation is 1. The molecule has 4 rings (SSSR count). The third kappa shape index (κ3) is 2.06. The van der Waals surface area contributed by atoms with Gasteiger partial charge < -0.3 is 0 Å². The Balaban J connectivity index is 2.14. The molecule has 0 fully saturated rings. The molecule has 106 valence electrons. The SMILES string of the molecule is Cc1c(-c2ccccc2)[s+](-c2ccccc2)c2ccccc12. The molecule has 1 unspecified atom stereocenters. The lowest BCUT2D eigenvalue weighted by atomic mass is 10.1. The molecular weight excluding hydrogens is 284 g/mol. The smallest absolute Gasteiger partial charge is 0.0622 e. The third-order valence-corrected chi connectivity index (χ3v) is 6.56. The topological polar surface area (TPSA) is 0 Å². The predicted molar refractivity (Wildman–Crippen MR) is 97.9 cm³/mol. The average Bonchev–Trinajstić information content (AvgIpc) is 2.90. The molecule has 4 aromatic rings. The van der Waals surface area contributed by atoms with E-state index in [-0.39, 0.29) is 10.5 Å². The Morgan fingerprint density at radius 1 is 0.636 bits per heavy atom. The minimum atomic E-state index is -0.00485. The molecule has 0 N–H and O–H groups in total. The Morgan fingerprint density at radius 2 is 1.23 bits per heavy atom. The number of fused-ring (bicyclic) bond motifs is 1. The van der Waals surface area contributed by atoms with E-state index in [9.17, 15) is 0 Å². The summed E-state index contributed by atoms with van der Waals surface area (Å²) in [5, 5.41) is 1.40. The number of rotatable bonds is 2. The second-order valence-corrected chi connectivity index (χ2v) is 7.37. The predicted octanol–water partition coefficient (Wildman–Crippen LogP) is 6.55. The van der Waals surface area contributed by atoms with E-state index >= 15 is 0 Å². The fourth-order valence-electron chi connectivity index (χ4n) is 3.07. The van der Waals surface area contributed by atoms with Gasteiger partial charge in [0.05, 0.1) is 0 Å². The van der Waals surface area contributed by atoms with Crippen molar-refractivity contribution < 1.29 is 0 Å². The van der Waals surface area contributed by atoms with Gasteiger partial charge in [0.2, 0.25) is 0 Å². The van der Waals surface area contributed by atoms with Gasteiger partial charge in [-0.3, -0.25) is 0 Å². The Bertz CT molecular complexity index is 918. The molecular formula is C21H17S+. The van der Waals surface area contributed by atoms with Crippen LogP contribution in [0.2, 0.25) is 0 Å². The monoisotopic (exact) mass is 301 g/mol. The first-order valence-corrected chi connectivity index (χ1v) is 8.74. The zero-order valence-corrected chi connectivity index (χ0v) is 13.3. The Morgan fingerprint density at radius 3 is 1.95 bits per heavy atom. The highest BCUT2D eigenvalue weighted by Gasteiger charge is 2.27.